The fraction of sp³-hybridized carbons (Fsp3) is 0.143. The van der Waals surface area contributed by atoms with Gasteiger partial charge in [-0.25, -0.2) is 0 Å². The minimum absolute atomic E-state index is 0. The molecule has 10 heavy (non-hydrogen) atoms. The number of hydrogen-bond acceptors (Lipinski definition) is 2. The molecule has 50 valence electrons. The second kappa shape index (κ2) is 4.36. The second-order valence-electron chi connectivity index (χ2n) is 1.92. The molecule has 0 aliphatic heterocycles. The molecule has 0 aromatic heterocycles. The number of phenols is 2. The van der Waals surface area contributed by atoms with Gasteiger partial charge in [-0.15, -0.1) is 0 Å². The van der Waals surface area contributed by atoms with E-state index in [1.165, 1.54) is 12.1 Å². The molecule has 1 aromatic carbocycles. The molecule has 2 N–H and O–H groups in total. The van der Waals surface area contributed by atoms with Crippen LogP contribution in [0.1, 0.15) is 5.56 Å². The van der Waals surface area contributed by atoms with Gasteiger partial charge in [-0.2, -0.15) is 0 Å². The molecule has 0 saturated heterocycles. The molecule has 0 heterocycles. The van der Waals surface area contributed by atoms with Crippen LogP contribution in [0.5, 0.6) is 11.5 Å². The van der Waals surface area contributed by atoms with E-state index in [1.54, 1.807) is 13.0 Å². The predicted molar refractivity (Wildman–Crippen MR) is 41.7 cm³/mol. The van der Waals surface area contributed by atoms with Gasteiger partial charge in [-0.1, -0.05) is 6.07 Å². The van der Waals surface area contributed by atoms with E-state index in [0.717, 1.165) is 0 Å². The Labute approximate surface area is 102 Å². The van der Waals surface area contributed by atoms with Gasteiger partial charge in [-0.05, 0) is 19.1 Å². The molecule has 0 amide bonds. The van der Waals surface area contributed by atoms with Gasteiger partial charge in [0.1, 0.15) is 11.5 Å². The molecule has 2 nitrogen and oxygen atoms in total. The van der Waals surface area contributed by atoms with Crippen LogP contribution in [0.15, 0.2) is 18.2 Å². The summed E-state index contributed by atoms with van der Waals surface area (Å²) in [5, 5.41) is 17.9. The molecule has 1 rings (SSSR count). The van der Waals surface area contributed by atoms with E-state index < -0.39 is 0 Å². The molecule has 0 saturated carbocycles. The van der Waals surface area contributed by atoms with Crippen LogP contribution in [-0.2, 0) is 0 Å². The van der Waals surface area contributed by atoms with Crippen molar-refractivity contribution in [3.8, 4) is 11.5 Å². The van der Waals surface area contributed by atoms with Gasteiger partial charge < -0.3 is 10.2 Å². The van der Waals surface area contributed by atoms with Crippen molar-refractivity contribution >= 4 is 51.4 Å². The van der Waals surface area contributed by atoms with Crippen molar-refractivity contribution in [2.24, 2.45) is 0 Å². The van der Waals surface area contributed by atoms with E-state index in [-0.39, 0.29) is 62.9 Å². The third-order valence-electron chi connectivity index (χ3n) is 1.28. The molecule has 3 heteroatoms. The van der Waals surface area contributed by atoms with Crippen molar-refractivity contribution in [3.05, 3.63) is 23.8 Å². The molecular weight excluding hydrogens is 155 g/mol. The van der Waals surface area contributed by atoms with Crippen molar-refractivity contribution in [1.82, 2.24) is 0 Å². The zero-order chi connectivity index (χ0) is 6.85. The second-order valence-corrected chi connectivity index (χ2v) is 1.92. The van der Waals surface area contributed by atoms with Crippen molar-refractivity contribution in [1.29, 1.82) is 0 Å². The first-order chi connectivity index (χ1) is 4.22. The maximum atomic E-state index is 8.94. The first-order valence-corrected chi connectivity index (χ1v) is 2.69. The van der Waals surface area contributed by atoms with E-state index in [1.807, 2.05) is 0 Å². The monoisotopic (exact) mass is 164 g/mol. The van der Waals surface area contributed by atoms with Crippen LogP contribution < -0.4 is 0 Å². The van der Waals surface area contributed by atoms with Crippen molar-refractivity contribution in [3.63, 3.8) is 0 Å². The Morgan fingerprint density at radius 2 is 1.50 bits per heavy atom. The van der Waals surface area contributed by atoms with E-state index in [9.17, 15) is 0 Å². The zero-order valence-electron chi connectivity index (χ0n) is 5.13. The summed E-state index contributed by atoms with van der Waals surface area (Å²) in [7, 11) is 0. The topological polar surface area (TPSA) is 40.5 Å². The van der Waals surface area contributed by atoms with Crippen LogP contribution in [0.2, 0.25) is 0 Å². The third kappa shape index (κ3) is 2.25. The number of rotatable bonds is 0. The summed E-state index contributed by atoms with van der Waals surface area (Å²) in [4.78, 5) is 0. The molecule has 1 aromatic rings. The SMILES string of the molecule is Cc1c(O)cccc1O.[KH]. The fourth-order valence-electron chi connectivity index (χ4n) is 0.612. The summed E-state index contributed by atoms with van der Waals surface area (Å²) in [6, 6.07) is 4.67. The fourth-order valence-corrected chi connectivity index (χ4v) is 0.612. The molecule has 0 unspecified atom stereocenters. The normalized spacial score (nSPS) is 8.50. The summed E-state index contributed by atoms with van der Waals surface area (Å²) in [5.74, 6) is 0.269. The van der Waals surface area contributed by atoms with Crippen LogP contribution in [-0.4, -0.2) is 61.6 Å². The summed E-state index contributed by atoms with van der Waals surface area (Å²) in [5.41, 5.74) is 0.525. The standard InChI is InChI=1S/C7H8O2.K.H/c1-5-6(8)3-2-4-7(5)9;;/h2-4,8-9H,1H3;;. The van der Waals surface area contributed by atoms with E-state index in [2.05, 4.69) is 0 Å². The van der Waals surface area contributed by atoms with Gasteiger partial charge in [0.15, 0.2) is 0 Å². The van der Waals surface area contributed by atoms with Crippen LogP contribution in [0.4, 0.5) is 0 Å². The Hall–Kier alpha value is 0.456. The molecule has 0 aliphatic rings. The summed E-state index contributed by atoms with van der Waals surface area (Å²) < 4.78 is 0. The van der Waals surface area contributed by atoms with Crippen molar-refractivity contribution in [2.45, 2.75) is 6.92 Å². The number of benzene rings is 1. The minimum atomic E-state index is 0. The Bertz CT molecular complexity index is 203. The molecule has 0 fully saturated rings. The van der Waals surface area contributed by atoms with E-state index in [4.69, 9.17) is 10.2 Å². The molecular formula is C7H9KO2. The first-order valence-electron chi connectivity index (χ1n) is 2.69. The van der Waals surface area contributed by atoms with Gasteiger partial charge in [0.25, 0.3) is 0 Å². The summed E-state index contributed by atoms with van der Waals surface area (Å²) in [6.07, 6.45) is 0. The van der Waals surface area contributed by atoms with Gasteiger partial charge in [0.2, 0.25) is 0 Å². The van der Waals surface area contributed by atoms with Crippen LogP contribution in [0, 0.1) is 6.92 Å². The first kappa shape index (κ1) is 10.5. The number of phenolic OH excluding ortho intramolecular Hbond substituents is 2. The quantitative estimate of drug-likeness (QED) is 0.556. The van der Waals surface area contributed by atoms with Crippen molar-refractivity contribution in [2.75, 3.05) is 0 Å². The van der Waals surface area contributed by atoms with Crippen LogP contribution in [0.3, 0.4) is 0 Å². The van der Waals surface area contributed by atoms with Crippen LogP contribution >= 0.6 is 0 Å². The average Bonchev–Trinajstić information content (AvgIpc) is 1.83. The number of hydrogen-bond donors (Lipinski definition) is 2. The van der Waals surface area contributed by atoms with Gasteiger partial charge in [0.05, 0.1) is 0 Å². The third-order valence-corrected chi connectivity index (χ3v) is 1.28. The molecule has 0 radical (unpaired) electrons. The van der Waals surface area contributed by atoms with E-state index >= 15 is 0 Å². The zero-order valence-corrected chi connectivity index (χ0v) is 5.13. The van der Waals surface area contributed by atoms with Crippen LogP contribution in [0.25, 0.3) is 0 Å². The Balaban J connectivity index is 0.000000810. The summed E-state index contributed by atoms with van der Waals surface area (Å²) >= 11 is 0. The predicted octanol–water partition coefficient (Wildman–Crippen LogP) is 0.758. The van der Waals surface area contributed by atoms with Crippen molar-refractivity contribution < 1.29 is 10.2 Å². The molecule has 0 spiro atoms. The Kier molecular flexibility index (Phi) is 4.56. The van der Waals surface area contributed by atoms with E-state index in [0.29, 0.717) is 5.56 Å². The van der Waals surface area contributed by atoms with Gasteiger partial charge >= 0.3 is 51.4 Å². The molecule has 0 aliphatic carbocycles. The number of aromatic hydroxyl groups is 2. The summed E-state index contributed by atoms with van der Waals surface area (Å²) in [6.45, 7) is 1.66. The Morgan fingerprint density at radius 3 is 1.80 bits per heavy atom. The molecule has 0 atom stereocenters. The van der Waals surface area contributed by atoms with Gasteiger partial charge in [0, 0.05) is 5.56 Å². The Morgan fingerprint density at radius 1 is 1.10 bits per heavy atom. The average molecular weight is 164 g/mol. The van der Waals surface area contributed by atoms with Gasteiger partial charge in [-0.3, -0.25) is 0 Å². The molecule has 0 bridgehead atoms. The maximum absolute atomic E-state index is 8.94.